The van der Waals surface area contributed by atoms with Crippen LogP contribution in [0.1, 0.15) is 39.5 Å². The second-order valence-electron chi connectivity index (χ2n) is 5.44. The van der Waals surface area contributed by atoms with E-state index in [1.165, 1.54) is 19.3 Å². The third kappa shape index (κ3) is 3.85. The highest BCUT2D eigenvalue weighted by atomic mass is 16.5. The minimum atomic E-state index is 0.407. The molecule has 1 aromatic heterocycles. The predicted octanol–water partition coefficient (Wildman–Crippen LogP) is 3.30. The summed E-state index contributed by atoms with van der Waals surface area (Å²) in [6.07, 6.45) is 7.09. The number of nitrogens with zero attached hydrogens (tertiary/aromatic N) is 2. The first-order valence-corrected chi connectivity index (χ1v) is 7.77. The van der Waals surface area contributed by atoms with Gasteiger partial charge in [-0.25, -0.2) is 4.98 Å². The van der Waals surface area contributed by atoms with Gasteiger partial charge in [-0.15, -0.1) is 0 Å². The second-order valence-corrected chi connectivity index (χ2v) is 5.44. The van der Waals surface area contributed by atoms with Gasteiger partial charge < -0.3 is 15.0 Å². The van der Waals surface area contributed by atoms with Crippen molar-refractivity contribution in [2.24, 2.45) is 0 Å². The van der Waals surface area contributed by atoms with Gasteiger partial charge >= 0.3 is 0 Å². The van der Waals surface area contributed by atoms with Gasteiger partial charge in [0, 0.05) is 26.2 Å². The summed E-state index contributed by atoms with van der Waals surface area (Å²) in [5, 5.41) is 3.59. The lowest BCUT2D eigenvalue weighted by Gasteiger charge is -2.29. The van der Waals surface area contributed by atoms with Gasteiger partial charge in [0.15, 0.2) is 0 Å². The molecule has 1 fully saturated rings. The maximum Gasteiger partial charge on any atom is 0.128 e. The number of rotatable bonds is 6. The quantitative estimate of drug-likeness (QED) is 0.865. The predicted molar refractivity (Wildman–Crippen MR) is 84.5 cm³/mol. The van der Waals surface area contributed by atoms with E-state index in [9.17, 15) is 0 Å². The normalized spacial score (nSPS) is 22.6. The first kappa shape index (κ1) is 15.1. The Kier molecular flexibility index (Phi) is 5.65. The van der Waals surface area contributed by atoms with Crippen LogP contribution in [0.3, 0.4) is 0 Å². The Balaban J connectivity index is 1.93. The Morgan fingerprint density at radius 2 is 2.10 bits per heavy atom. The number of nitrogens with one attached hydrogen (secondary N) is 1. The molecule has 0 aliphatic heterocycles. The molecule has 1 aliphatic rings. The molecule has 20 heavy (non-hydrogen) atoms. The van der Waals surface area contributed by atoms with E-state index in [2.05, 4.69) is 41.2 Å². The Morgan fingerprint density at radius 1 is 1.30 bits per heavy atom. The van der Waals surface area contributed by atoms with Crippen molar-refractivity contribution < 1.29 is 4.74 Å². The molecule has 0 bridgehead atoms. The van der Waals surface area contributed by atoms with Crippen LogP contribution in [0.4, 0.5) is 11.5 Å². The number of aromatic nitrogens is 1. The summed E-state index contributed by atoms with van der Waals surface area (Å²) in [7, 11) is 1.81. The first-order chi connectivity index (χ1) is 9.76. The highest BCUT2D eigenvalue weighted by molar-refractivity contribution is 5.49. The molecule has 1 aliphatic carbocycles. The minimum Gasteiger partial charge on any atom is -0.381 e. The topological polar surface area (TPSA) is 37.4 Å². The number of hydrogen-bond acceptors (Lipinski definition) is 4. The lowest BCUT2D eigenvalue weighted by Crippen LogP contribution is -2.31. The smallest absolute Gasteiger partial charge is 0.128 e. The van der Waals surface area contributed by atoms with E-state index in [1.807, 2.05) is 13.3 Å². The van der Waals surface area contributed by atoms with Crippen molar-refractivity contribution in [1.82, 2.24) is 4.98 Å². The molecule has 2 unspecified atom stereocenters. The highest BCUT2D eigenvalue weighted by Gasteiger charge is 2.21. The molecule has 2 atom stereocenters. The summed E-state index contributed by atoms with van der Waals surface area (Å²) < 4.78 is 5.48. The molecule has 0 spiro atoms. The van der Waals surface area contributed by atoms with Gasteiger partial charge in [-0.05, 0) is 51.7 Å². The summed E-state index contributed by atoms with van der Waals surface area (Å²) in [6.45, 7) is 6.30. The van der Waals surface area contributed by atoms with E-state index in [1.54, 1.807) is 0 Å². The molecule has 1 heterocycles. The van der Waals surface area contributed by atoms with Gasteiger partial charge in [0.1, 0.15) is 5.82 Å². The molecule has 4 nitrogen and oxygen atoms in total. The number of anilines is 2. The van der Waals surface area contributed by atoms with Crippen LogP contribution in [0.15, 0.2) is 18.3 Å². The monoisotopic (exact) mass is 277 g/mol. The zero-order valence-electron chi connectivity index (χ0n) is 12.9. The Bertz CT molecular complexity index is 389. The van der Waals surface area contributed by atoms with E-state index in [0.717, 1.165) is 31.0 Å². The highest BCUT2D eigenvalue weighted by Crippen LogP contribution is 2.24. The van der Waals surface area contributed by atoms with Crippen molar-refractivity contribution in [2.45, 2.75) is 51.7 Å². The van der Waals surface area contributed by atoms with Crippen LogP contribution in [0.25, 0.3) is 0 Å². The van der Waals surface area contributed by atoms with Crippen LogP contribution in [0.5, 0.6) is 0 Å². The Hall–Kier alpha value is -1.29. The summed E-state index contributed by atoms with van der Waals surface area (Å²) in [5.41, 5.74) is 1.11. The van der Waals surface area contributed by atoms with Crippen LogP contribution in [-0.4, -0.2) is 37.3 Å². The van der Waals surface area contributed by atoms with Gasteiger partial charge in [-0.1, -0.05) is 0 Å². The van der Waals surface area contributed by atoms with Crippen molar-refractivity contribution in [3.05, 3.63) is 18.3 Å². The van der Waals surface area contributed by atoms with Gasteiger partial charge in [-0.2, -0.15) is 0 Å². The molecule has 0 saturated heterocycles. The van der Waals surface area contributed by atoms with Crippen molar-refractivity contribution in [3.63, 3.8) is 0 Å². The lowest BCUT2D eigenvalue weighted by atomic mass is 9.93. The van der Waals surface area contributed by atoms with Crippen LogP contribution in [0, 0.1) is 0 Å². The first-order valence-electron chi connectivity index (χ1n) is 7.77. The number of methoxy groups -OCH3 is 1. The molecular formula is C16H27N3O. The van der Waals surface area contributed by atoms with Gasteiger partial charge in [0.2, 0.25) is 0 Å². The third-order valence-electron chi connectivity index (χ3n) is 4.17. The molecule has 0 radical (unpaired) electrons. The Labute approximate surface area is 122 Å². The van der Waals surface area contributed by atoms with E-state index in [-0.39, 0.29) is 0 Å². The van der Waals surface area contributed by atoms with Crippen molar-refractivity contribution >= 4 is 11.5 Å². The average Bonchev–Trinajstić information content (AvgIpc) is 2.50. The molecule has 4 heteroatoms. The number of pyridine rings is 1. The zero-order chi connectivity index (χ0) is 14.4. The van der Waals surface area contributed by atoms with E-state index >= 15 is 0 Å². The lowest BCUT2D eigenvalue weighted by molar-refractivity contribution is 0.0669. The average molecular weight is 277 g/mol. The summed E-state index contributed by atoms with van der Waals surface area (Å²) >= 11 is 0. The van der Waals surface area contributed by atoms with Crippen LogP contribution >= 0.6 is 0 Å². The van der Waals surface area contributed by atoms with Gasteiger partial charge in [0.25, 0.3) is 0 Å². The van der Waals surface area contributed by atoms with Crippen LogP contribution in [-0.2, 0) is 4.74 Å². The van der Waals surface area contributed by atoms with E-state index in [4.69, 9.17) is 4.74 Å². The number of hydrogen-bond donors (Lipinski definition) is 1. The standard InChI is InChI=1S/C16H27N3O/c1-4-19(5-2)16-10-9-14(12-17-16)18-13-7-6-8-15(11-13)20-3/h9-10,12-13,15,18H,4-8,11H2,1-3H3. The van der Waals surface area contributed by atoms with Gasteiger partial charge in [0.05, 0.1) is 18.0 Å². The van der Waals surface area contributed by atoms with Gasteiger partial charge in [-0.3, -0.25) is 0 Å². The molecule has 0 amide bonds. The van der Waals surface area contributed by atoms with E-state index < -0.39 is 0 Å². The molecule has 2 rings (SSSR count). The fraction of sp³-hybridized carbons (Fsp3) is 0.688. The molecule has 112 valence electrons. The second kappa shape index (κ2) is 7.48. The number of ether oxygens (including phenoxy) is 1. The third-order valence-corrected chi connectivity index (χ3v) is 4.17. The van der Waals surface area contributed by atoms with Crippen LogP contribution < -0.4 is 10.2 Å². The molecule has 1 N–H and O–H groups in total. The maximum absolute atomic E-state index is 5.48. The molecule has 0 aromatic carbocycles. The summed E-state index contributed by atoms with van der Waals surface area (Å²) in [6, 6.07) is 4.75. The Morgan fingerprint density at radius 3 is 2.70 bits per heavy atom. The van der Waals surface area contributed by atoms with Crippen molar-refractivity contribution in [1.29, 1.82) is 0 Å². The SMILES string of the molecule is CCN(CC)c1ccc(NC2CCCC(OC)C2)cn1. The zero-order valence-corrected chi connectivity index (χ0v) is 12.9. The van der Waals surface area contributed by atoms with E-state index in [0.29, 0.717) is 12.1 Å². The van der Waals surface area contributed by atoms with Crippen molar-refractivity contribution in [3.8, 4) is 0 Å². The fourth-order valence-electron chi connectivity index (χ4n) is 2.93. The van der Waals surface area contributed by atoms with Crippen molar-refractivity contribution in [2.75, 3.05) is 30.4 Å². The van der Waals surface area contributed by atoms with Crippen LogP contribution in [0.2, 0.25) is 0 Å². The molecule has 1 aromatic rings. The summed E-state index contributed by atoms with van der Waals surface area (Å²) in [4.78, 5) is 6.81. The largest absolute Gasteiger partial charge is 0.381 e. The fourth-order valence-corrected chi connectivity index (χ4v) is 2.93. The maximum atomic E-state index is 5.48. The summed E-state index contributed by atoms with van der Waals surface area (Å²) in [5.74, 6) is 1.05. The minimum absolute atomic E-state index is 0.407. The molecular weight excluding hydrogens is 250 g/mol. The molecule has 1 saturated carbocycles.